The number of alkyl halides is 2. The highest BCUT2D eigenvalue weighted by molar-refractivity contribution is 5.66. The van der Waals surface area contributed by atoms with Gasteiger partial charge in [0.1, 0.15) is 5.75 Å². The Hall–Kier alpha value is -2.68. The van der Waals surface area contributed by atoms with Crippen LogP contribution in [0.2, 0.25) is 0 Å². The van der Waals surface area contributed by atoms with Gasteiger partial charge in [-0.25, -0.2) is 8.78 Å². The first-order chi connectivity index (χ1) is 18.1. The molecule has 3 heteroatoms. The monoisotopic (exact) mass is 546 g/mol. The van der Waals surface area contributed by atoms with Crippen molar-refractivity contribution in [1.82, 2.24) is 0 Å². The molecule has 0 unspecified atom stereocenters. The van der Waals surface area contributed by atoms with Gasteiger partial charge < -0.3 is 5.11 Å². The van der Waals surface area contributed by atoms with Crippen LogP contribution in [-0.4, -0.2) is 5.11 Å². The number of halogens is 2. The number of hydrogen-bond donors (Lipinski definition) is 1. The molecular formula is C36H60F2O. The van der Waals surface area contributed by atoms with Crippen LogP contribution in [0.15, 0.2) is 85.0 Å². The highest BCUT2D eigenvalue weighted by Crippen LogP contribution is 2.35. The molecule has 1 nitrogen and oxygen atoms in total. The van der Waals surface area contributed by atoms with E-state index in [1.807, 2.05) is 67.5 Å². The normalized spacial score (nSPS) is 10.6. The molecule has 39 heavy (non-hydrogen) atoms. The van der Waals surface area contributed by atoms with Crippen molar-refractivity contribution in [3.63, 3.8) is 0 Å². The van der Waals surface area contributed by atoms with Crippen molar-refractivity contribution in [3.05, 3.63) is 96.2 Å². The van der Waals surface area contributed by atoms with E-state index in [-0.39, 0.29) is 5.56 Å². The molecule has 0 heterocycles. The maximum absolute atomic E-state index is 13.5. The van der Waals surface area contributed by atoms with Crippen molar-refractivity contribution in [2.24, 2.45) is 0 Å². The summed E-state index contributed by atoms with van der Waals surface area (Å²) in [6.07, 6.45) is 13.3. The quantitative estimate of drug-likeness (QED) is 0.176. The van der Waals surface area contributed by atoms with Crippen LogP contribution in [0.5, 0.6) is 5.75 Å². The number of aromatic hydroxyl groups is 1. The second-order valence-electron chi connectivity index (χ2n) is 9.65. The molecule has 1 rings (SSSR count). The largest absolute Gasteiger partial charge is 0.507 e. The Balaban J connectivity index is -0.000000314. The van der Waals surface area contributed by atoms with E-state index < -0.39 is 11.7 Å². The molecule has 224 valence electrons. The molecule has 0 fully saturated rings. The Bertz CT molecular complexity index is 872. The number of phenols is 1. The van der Waals surface area contributed by atoms with Gasteiger partial charge in [-0.05, 0) is 76.8 Å². The van der Waals surface area contributed by atoms with Crippen molar-refractivity contribution in [1.29, 1.82) is 0 Å². The molecule has 0 radical (unpaired) electrons. The van der Waals surface area contributed by atoms with Crippen LogP contribution in [0.1, 0.15) is 126 Å². The minimum Gasteiger partial charge on any atom is -0.507 e. The van der Waals surface area contributed by atoms with Gasteiger partial charge in [0.05, 0.1) is 5.56 Å². The summed E-state index contributed by atoms with van der Waals surface area (Å²) in [5.41, 5.74) is 5.30. The van der Waals surface area contributed by atoms with Crippen molar-refractivity contribution in [2.45, 2.75) is 121 Å². The lowest BCUT2D eigenvalue weighted by molar-refractivity contribution is 0.0151. The second kappa shape index (κ2) is 26.9. The average Bonchev–Trinajstić information content (AvgIpc) is 2.84. The highest BCUT2D eigenvalue weighted by atomic mass is 19.3. The fraction of sp³-hybridized carbons (Fsp3) is 0.500. The minimum atomic E-state index is -3.08. The number of benzene rings is 1. The van der Waals surface area contributed by atoms with E-state index in [0.29, 0.717) is 12.0 Å². The lowest BCUT2D eigenvalue weighted by Gasteiger charge is -2.14. The average molecular weight is 547 g/mol. The predicted octanol–water partition coefficient (Wildman–Crippen LogP) is 13.2. The van der Waals surface area contributed by atoms with E-state index in [1.54, 1.807) is 12.1 Å². The summed E-state index contributed by atoms with van der Waals surface area (Å²) in [7, 11) is 0. The molecule has 0 aliphatic carbocycles. The van der Waals surface area contributed by atoms with Gasteiger partial charge in [0, 0.05) is 6.92 Å². The molecule has 1 aromatic carbocycles. The highest BCUT2D eigenvalue weighted by Gasteiger charge is 2.28. The molecule has 0 aromatic heterocycles. The van der Waals surface area contributed by atoms with E-state index in [9.17, 15) is 13.9 Å². The van der Waals surface area contributed by atoms with Crippen molar-refractivity contribution < 1.29 is 13.9 Å². The van der Waals surface area contributed by atoms with Crippen molar-refractivity contribution in [3.8, 4) is 5.75 Å². The Labute approximate surface area is 241 Å². The lowest BCUT2D eigenvalue weighted by atomic mass is 9.99. The molecule has 0 saturated heterocycles. The zero-order valence-corrected chi connectivity index (χ0v) is 27.2. The third-order valence-corrected chi connectivity index (χ3v) is 4.90. The Morgan fingerprint density at radius 1 is 0.923 bits per heavy atom. The lowest BCUT2D eigenvalue weighted by Crippen LogP contribution is -2.07. The molecule has 0 aliphatic heterocycles. The van der Waals surface area contributed by atoms with E-state index >= 15 is 0 Å². The minimum absolute atomic E-state index is 0.361. The first-order valence-electron chi connectivity index (χ1n) is 14.2. The van der Waals surface area contributed by atoms with E-state index in [4.69, 9.17) is 0 Å². The molecule has 0 spiro atoms. The van der Waals surface area contributed by atoms with E-state index in [0.717, 1.165) is 29.2 Å². The molecule has 1 aromatic rings. The molecule has 0 bridgehead atoms. The summed E-state index contributed by atoms with van der Waals surface area (Å²) in [5, 5.41) is 9.59. The van der Waals surface area contributed by atoms with E-state index in [2.05, 4.69) is 40.2 Å². The maximum Gasteiger partial charge on any atom is 0.274 e. The van der Waals surface area contributed by atoms with Gasteiger partial charge in [0.2, 0.25) is 0 Å². The Morgan fingerprint density at radius 3 is 1.72 bits per heavy atom. The van der Waals surface area contributed by atoms with Crippen LogP contribution in [0.3, 0.4) is 0 Å². The molecule has 0 saturated carbocycles. The van der Waals surface area contributed by atoms with Gasteiger partial charge in [-0.15, -0.1) is 13.2 Å². The Kier molecular flexibility index (Phi) is 29.9. The molecule has 0 amide bonds. The number of rotatable bonds is 10. The first-order valence-corrected chi connectivity index (χ1v) is 14.2. The van der Waals surface area contributed by atoms with Crippen LogP contribution in [0.25, 0.3) is 5.57 Å². The third kappa shape index (κ3) is 28.2. The number of allylic oxidation sites excluding steroid dienone is 8. The van der Waals surface area contributed by atoms with Crippen LogP contribution in [0.4, 0.5) is 8.78 Å². The van der Waals surface area contributed by atoms with Gasteiger partial charge in [-0.1, -0.05) is 114 Å². The first kappa shape index (κ1) is 43.4. The summed E-state index contributed by atoms with van der Waals surface area (Å²) < 4.78 is 27.0. The van der Waals surface area contributed by atoms with Crippen LogP contribution in [0, 0.1) is 0 Å². The topological polar surface area (TPSA) is 20.2 Å². The zero-order valence-electron chi connectivity index (χ0n) is 27.2. The van der Waals surface area contributed by atoms with Crippen molar-refractivity contribution in [2.75, 3.05) is 0 Å². The zero-order chi connectivity index (χ0) is 31.6. The fourth-order valence-electron chi connectivity index (χ4n) is 2.70. The maximum atomic E-state index is 13.5. The molecule has 1 N–H and O–H groups in total. The predicted molar refractivity (Wildman–Crippen MR) is 176 cm³/mol. The molecule has 0 aliphatic rings. The van der Waals surface area contributed by atoms with Crippen LogP contribution < -0.4 is 0 Å². The summed E-state index contributed by atoms with van der Waals surface area (Å²) in [6.45, 7) is 35.6. The van der Waals surface area contributed by atoms with Gasteiger partial charge in [-0.3, -0.25) is 0 Å². The SMILES string of the molecule is C=C(/C=C(\C)C(=C)C)C/C=C(\C)c1ccc(O)c(C(C)(F)F)c1.C=C(C)C.C=CC.CC.CCCCCCC. The summed E-state index contributed by atoms with van der Waals surface area (Å²) in [5.74, 6) is -3.47. The van der Waals surface area contributed by atoms with E-state index in [1.165, 1.54) is 49.8 Å². The molecule has 0 atom stereocenters. The van der Waals surface area contributed by atoms with Gasteiger partial charge >= 0.3 is 0 Å². The summed E-state index contributed by atoms with van der Waals surface area (Å²) >= 11 is 0. The Morgan fingerprint density at radius 2 is 1.36 bits per heavy atom. The van der Waals surface area contributed by atoms with Crippen LogP contribution in [-0.2, 0) is 5.92 Å². The summed E-state index contributed by atoms with van der Waals surface area (Å²) in [4.78, 5) is 0. The number of unbranched alkanes of at least 4 members (excludes halogenated alkanes) is 4. The molecular weight excluding hydrogens is 486 g/mol. The third-order valence-electron chi connectivity index (χ3n) is 4.90. The van der Waals surface area contributed by atoms with Gasteiger partial charge in [-0.2, -0.15) is 0 Å². The number of phenolic OH excluding ortho intramolecular Hbond substituents is 1. The second-order valence-corrected chi connectivity index (χ2v) is 9.65. The van der Waals surface area contributed by atoms with Gasteiger partial charge in [0.25, 0.3) is 5.92 Å². The van der Waals surface area contributed by atoms with Crippen LogP contribution >= 0.6 is 0 Å². The number of hydrogen-bond acceptors (Lipinski definition) is 1. The fourth-order valence-corrected chi connectivity index (χ4v) is 2.70. The van der Waals surface area contributed by atoms with Crippen molar-refractivity contribution >= 4 is 5.57 Å². The standard InChI is InChI=1S/C20H24F2O.C7H16.C4H8.C3H6.C2H6/c1-13(2)16(5)11-14(3)7-8-15(4)17-9-10-19(23)18(12-17)20(6,21)22;1-3-5-7-6-4-2;1-4(2)3;1-3-2;1-2/h8-12,23H,1,3,7H2,2,4-6H3;3-7H2,1-2H3;1H2,2-3H3;3H,1H2,2H3;1-2H3/b15-8+,16-11+;;;;. The summed E-state index contributed by atoms with van der Waals surface area (Å²) in [6, 6.07) is 4.27. The van der Waals surface area contributed by atoms with Gasteiger partial charge in [0.15, 0.2) is 0 Å². The smallest absolute Gasteiger partial charge is 0.274 e.